The summed E-state index contributed by atoms with van der Waals surface area (Å²) in [5.41, 5.74) is 8.89. The summed E-state index contributed by atoms with van der Waals surface area (Å²) < 4.78 is 3.40. The molecule has 0 radical (unpaired) electrons. The lowest BCUT2D eigenvalue weighted by molar-refractivity contribution is 1.02. The van der Waals surface area contributed by atoms with Gasteiger partial charge in [-0.05, 0) is 36.4 Å². The monoisotopic (exact) mass is 657 g/mol. The Morgan fingerprint density at radius 1 is 0.420 bits per heavy atom. The summed E-state index contributed by atoms with van der Waals surface area (Å²) >= 11 is 1.71. The molecule has 4 aromatic heterocycles. The van der Waals surface area contributed by atoms with Crippen molar-refractivity contribution < 1.29 is 0 Å². The van der Waals surface area contributed by atoms with Gasteiger partial charge in [-0.15, -0.1) is 11.3 Å². The van der Waals surface area contributed by atoms with Crippen LogP contribution in [0.1, 0.15) is 0 Å². The highest BCUT2D eigenvalue weighted by Crippen LogP contribution is 2.40. The van der Waals surface area contributed by atoms with E-state index in [1.807, 2.05) is 42.5 Å². The summed E-state index contributed by atoms with van der Waals surface area (Å²) in [5.74, 6) is 1.33. The first kappa shape index (κ1) is 28.5. The highest BCUT2D eigenvalue weighted by atomic mass is 32.1. The van der Waals surface area contributed by atoms with Crippen molar-refractivity contribution in [2.75, 3.05) is 0 Å². The molecule has 0 aliphatic carbocycles. The molecule has 0 unspecified atom stereocenters. The SMILES string of the molecule is c1ccc(-c2cc(-c3ccccc3)nc(-c3ccc4c(c3)c3ccccc3n4-c3nc(-c4ccccc4)c4c(n3)sc3ccccc34)n2)cc1. The van der Waals surface area contributed by atoms with Crippen LogP contribution < -0.4 is 0 Å². The van der Waals surface area contributed by atoms with Crippen molar-refractivity contribution in [3.63, 3.8) is 0 Å². The summed E-state index contributed by atoms with van der Waals surface area (Å²) in [4.78, 5) is 21.8. The molecule has 0 bridgehead atoms. The topological polar surface area (TPSA) is 56.5 Å². The molecule has 0 saturated heterocycles. The van der Waals surface area contributed by atoms with Crippen molar-refractivity contribution in [1.82, 2.24) is 24.5 Å². The van der Waals surface area contributed by atoms with Gasteiger partial charge in [0.05, 0.1) is 28.1 Å². The predicted octanol–water partition coefficient (Wildman–Crippen LogP) is 11.4. The van der Waals surface area contributed by atoms with Gasteiger partial charge in [-0.1, -0.05) is 127 Å². The molecule has 50 heavy (non-hydrogen) atoms. The van der Waals surface area contributed by atoms with E-state index in [1.54, 1.807) is 11.3 Å². The molecule has 0 amide bonds. The third kappa shape index (κ3) is 4.69. The summed E-state index contributed by atoms with van der Waals surface area (Å²) in [7, 11) is 0. The summed E-state index contributed by atoms with van der Waals surface area (Å²) in [5, 5.41) is 4.48. The molecule has 6 aromatic carbocycles. The lowest BCUT2D eigenvalue weighted by Gasteiger charge is -2.11. The van der Waals surface area contributed by atoms with Gasteiger partial charge in [-0.25, -0.2) is 19.9 Å². The van der Waals surface area contributed by atoms with Gasteiger partial charge < -0.3 is 0 Å². The number of nitrogens with zero attached hydrogens (tertiary/aromatic N) is 5. The number of aromatic nitrogens is 5. The molecule has 0 N–H and O–H groups in total. The zero-order valence-electron chi connectivity index (χ0n) is 26.7. The first-order valence-corrected chi connectivity index (χ1v) is 17.4. The van der Waals surface area contributed by atoms with Crippen LogP contribution in [-0.2, 0) is 0 Å². The van der Waals surface area contributed by atoms with Gasteiger partial charge in [0.1, 0.15) is 4.83 Å². The smallest absolute Gasteiger partial charge is 0.236 e. The standard InChI is InChI=1S/C44H27N5S/c1-4-14-28(15-5-1)35-27-36(29-16-6-2-7-17-29)46-42(45-35)31-24-25-38-34(26-31)32-20-10-12-22-37(32)49(38)44-47-41(30-18-8-3-9-19-30)40-33-21-11-13-23-39(33)50-43(40)48-44/h1-27H. The molecule has 0 atom stereocenters. The Morgan fingerprint density at radius 2 is 1.00 bits per heavy atom. The van der Waals surface area contributed by atoms with Crippen LogP contribution in [0.4, 0.5) is 0 Å². The minimum atomic E-state index is 0.649. The highest BCUT2D eigenvalue weighted by molar-refractivity contribution is 7.25. The van der Waals surface area contributed by atoms with Crippen molar-refractivity contribution in [2.24, 2.45) is 0 Å². The molecule has 4 heterocycles. The second-order valence-corrected chi connectivity index (χ2v) is 13.3. The Bertz CT molecular complexity index is 2800. The van der Waals surface area contributed by atoms with Crippen LogP contribution in [0.25, 0.3) is 93.2 Å². The summed E-state index contributed by atoms with van der Waals surface area (Å²) in [6.07, 6.45) is 0. The fraction of sp³-hybridized carbons (Fsp3) is 0. The lowest BCUT2D eigenvalue weighted by atomic mass is 10.1. The normalized spacial score (nSPS) is 11.6. The van der Waals surface area contributed by atoms with E-state index < -0.39 is 0 Å². The van der Waals surface area contributed by atoms with E-state index in [0.29, 0.717) is 11.8 Å². The quantitative estimate of drug-likeness (QED) is 0.185. The maximum absolute atomic E-state index is 5.34. The average Bonchev–Trinajstić information content (AvgIpc) is 3.74. The largest absolute Gasteiger partial charge is 0.278 e. The molecule has 0 aliphatic rings. The van der Waals surface area contributed by atoms with Crippen LogP contribution in [0, 0.1) is 0 Å². The Kier molecular flexibility index (Phi) is 6.60. The molecular weight excluding hydrogens is 631 g/mol. The van der Waals surface area contributed by atoms with E-state index in [4.69, 9.17) is 19.9 Å². The second-order valence-electron chi connectivity index (χ2n) is 12.3. The Balaban J connectivity index is 1.21. The Hall–Kier alpha value is -6.50. The van der Waals surface area contributed by atoms with E-state index in [2.05, 4.69) is 126 Å². The number of thiophene rings is 1. The Morgan fingerprint density at radius 3 is 1.70 bits per heavy atom. The molecule has 0 saturated carbocycles. The minimum Gasteiger partial charge on any atom is -0.278 e. The number of hydrogen-bond donors (Lipinski definition) is 0. The number of para-hydroxylation sites is 1. The predicted molar refractivity (Wildman–Crippen MR) is 207 cm³/mol. The van der Waals surface area contributed by atoms with Crippen LogP contribution in [0.2, 0.25) is 0 Å². The zero-order chi connectivity index (χ0) is 33.0. The lowest BCUT2D eigenvalue weighted by Crippen LogP contribution is -2.02. The fourth-order valence-electron chi connectivity index (χ4n) is 6.93. The highest BCUT2D eigenvalue weighted by Gasteiger charge is 2.21. The number of rotatable bonds is 5. The van der Waals surface area contributed by atoms with Crippen LogP contribution in [0.15, 0.2) is 164 Å². The van der Waals surface area contributed by atoms with E-state index >= 15 is 0 Å². The molecule has 0 aliphatic heterocycles. The summed E-state index contributed by atoms with van der Waals surface area (Å²) in [6.45, 7) is 0. The average molecular weight is 658 g/mol. The van der Waals surface area contributed by atoms with Gasteiger partial charge in [-0.3, -0.25) is 4.57 Å². The maximum atomic E-state index is 5.34. The molecular formula is C44H27N5S. The van der Waals surface area contributed by atoms with E-state index in [-0.39, 0.29) is 0 Å². The molecule has 234 valence electrons. The second kappa shape index (κ2) is 11.6. The van der Waals surface area contributed by atoms with Gasteiger partial charge in [0.15, 0.2) is 5.82 Å². The van der Waals surface area contributed by atoms with Gasteiger partial charge in [0.25, 0.3) is 0 Å². The van der Waals surface area contributed by atoms with Crippen LogP contribution >= 0.6 is 11.3 Å². The van der Waals surface area contributed by atoms with Gasteiger partial charge in [-0.2, -0.15) is 0 Å². The first-order valence-electron chi connectivity index (χ1n) is 16.6. The van der Waals surface area contributed by atoms with Gasteiger partial charge in [0, 0.05) is 48.5 Å². The first-order chi connectivity index (χ1) is 24.8. The molecule has 5 nitrogen and oxygen atoms in total. The van der Waals surface area contributed by atoms with E-state index in [9.17, 15) is 0 Å². The van der Waals surface area contributed by atoms with Crippen molar-refractivity contribution in [2.45, 2.75) is 0 Å². The molecule has 6 heteroatoms. The number of fused-ring (bicyclic) bond motifs is 6. The van der Waals surface area contributed by atoms with Crippen LogP contribution in [-0.4, -0.2) is 24.5 Å². The molecule has 0 fully saturated rings. The third-order valence-corrected chi connectivity index (χ3v) is 10.3. The third-order valence-electron chi connectivity index (χ3n) is 9.27. The maximum Gasteiger partial charge on any atom is 0.236 e. The molecule has 10 aromatic rings. The van der Waals surface area contributed by atoms with Crippen molar-refractivity contribution in [3.05, 3.63) is 164 Å². The van der Waals surface area contributed by atoms with Gasteiger partial charge >= 0.3 is 0 Å². The Labute approximate surface area is 291 Å². The van der Waals surface area contributed by atoms with E-state index in [0.717, 1.165) is 71.4 Å². The minimum absolute atomic E-state index is 0.649. The van der Waals surface area contributed by atoms with Crippen LogP contribution in [0.3, 0.4) is 0 Å². The summed E-state index contributed by atoms with van der Waals surface area (Å²) in [6, 6.07) is 56.6. The molecule has 10 rings (SSSR count). The van der Waals surface area contributed by atoms with E-state index in [1.165, 1.54) is 10.1 Å². The number of benzene rings is 6. The van der Waals surface area contributed by atoms with Crippen molar-refractivity contribution in [1.29, 1.82) is 0 Å². The zero-order valence-corrected chi connectivity index (χ0v) is 27.5. The van der Waals surface area contributed by atoms with Crippen molar-refractivity contribution >= 4 is 53.4 Å². The van der Waals surface area contributed by atoms with Crippen LogP contribution in [0.5, 0.6) is 0 Å². The fourth-order valence-corrected chi connectivity index (χ4v) is 8.01. The molecule has 0 spiro atoms. The van der Waals surface area contributed by atoms with Gasteiger partial charge in [0.2, 0.25) is 5.95 Å². The number of hydrogen-bond acceptors (Lipinski definition) is 5. The van der Waals surface area contributed by atoms with Crippen molar-refractivity contribution in [3.8, 4) is 51.1 Å².